The molecule has 0 fully saturated rings. The number of alkyl halides is 2. The van der Waals surface area contributed by atoms with E-state index in [-0.39, 0.29) is 0 Å². The van der Waals surface area contributed by atoms with Gasteiger partial charge in [0.05, 0.1) is 29.0 Å². The summed E-state index contributed by atoms with van der Waals surface area (Å²) >= 11 is 6.86. The summed E-state index contributed by atoms with van der Waals surface area (Å²) in [6.45, 7) is 2.62. The van der Waals surface area contributed by atoms with Gasteiger partial charge in [0.2, 0.25) is 0 Å². The molecule has 0 aliphatic heterocycles. The number of ether oxygens (including phenoxy) is 1. The molecule has 2 aromatic rings. The topological polar surface area (TPSA) is 35.0 Å². The van der Waals surface area contributed by atoms with Gasteiger partial charge in [-0.15, -0.1) is 0 Å². The second kappa shape index (κ2) is 5.78. The average molecular weight is 360 g/mol. The molecular formula is C12H12Br2N2O. The number of rotatable bonds is 4. The molecule has 1 aromatic carbocycles. The molecule has 0 amide bonds. The molecule has 0 saturated heterocycles. The van der Waals surface area contributed by atoms with Gasteiger partial charge in [0.15, 0.2) is 0 Å². The zero-order chi connectivity index (χ0) is 12.3. The predicted molar refractivity (Wildman–Crippen MR) is 76.0 cm³/mol. The van der Waals surface area contributed by atoms with Crippen LogP contribution in [0.1, 0.15) is 18.3 Å². The van der Waals surface area contributed by atoms with Crippen LogP contribution in [0.5, 0.6) is 5.75 Å². The minimum Gasteiger partial charge on any atom is -0.494 e. The van der Waals surface area contributed by atoms with Gasteiger partial charge in [-0.1, -0.05) is 31.9 Å². The van der Waals surface area contributed by atoms with Crippen molar-refractivity contribution in [2.45, 2.75) is 17.6 Å². The van der Waals surface area contributed by atoms with Crippen LogP contribution in [-0.2, 0) is 10.7 Å². The lowest BCUT2D eigenvalue weighted by molar-refractivity contribution is 0.340. The SMILES string of the molecule is CCOc1ccc2nc(CBr)c(CBr)nc2c1. The monoisotopic (exact) mass is 358 g/mol. The summed E-state index contributed by atoms with van der Waals surface area (Å²) < 4.78 is 5.46. The van der Waals surface area contributed by atoms with E-state index in [1.165, 1.54) is 0 Å². The molecule has 0 spiro atoms. The molecule has 17 heavy (non-hydrogen) atoms. The lowest BCUT2D eigenvalue weighted by Crippen LogP contribution is -1.99. The molecule has 3 nitrogen and oxygen atoms in total. The highest BCUT2D eigenvalue weighted by molar-refractivity contribution is 9.09. The molecule has 5 heteroatoms. The Morgan fingerprint density at radius 3 is 2.29 bits per heavy atom. The van der Waals surface area contributed by atoms with Crippen molar-refractivity contribution in [2.75, 3.05) is 6.61 Å². The highest BCUT2D eigenvalue weighted by atomic mass is 79.9. The fraction of sp³-hybridized carbons (Fsp3) is 0.333. The Kier molecular flexibility index (Phi) is 4.34. The summed E-state index contributed by atoms with van der Waals surface area (Å²) in [6, 6.07) is 5.79. The highest BCUT2D eigenvalue weighted by Crippen LogP contribution is 2.21. The number of halogens is 2. The summed E-state index contributed by atoms with van der Waals surface area (Å²) in [5.41, 5.74) is 3.70. The Morgan fingerprint density at radius 2 is 1.71 bits per heavy atom. The lowest BCUT2D eigenvalue weighted by Gasteiger charge is -2.07. The molecule has 0 unspecified atom stereocenters. The van der Waals surface area contributed by atoms with Gasteiger partial charge in [-0.2, -0.15) is 0 Å². The first-order chi connectivity index (χ1) is 8.28. The standard InChI is InChI=1S/C12H12Br2N2O/c1-2-17-8-3-4-9-10(5-8)16-12(7-14)11(6-13)15-9/h3-5H,2,6-7H2,1H3. The van der Waals surface area contributed by atoms with Crippen molar-refractivity contribution < 1.29 is 4.74 Å². The Hall–Kier alpha value is -0.680. The molecule has 0 saturated carbocycles. The van der Waals surface area contributed by atoms with E-state index in [4.69, 9.17) is 4.74 Å². The third-order valence-electron chi connectivity index (χ3n) is 2.35. The van der Waals surface area contributed by atoms with E-state index < -0.39 is 0 Å². The number of benzene rings is 1. The van der Waals surface area contributed by atoms with Crippen LogP contribution in [-0.4, -0.2) is 16.6 Å². The largest absolute Gasteiger partial charge is 0.494 e. The molecule has 0 N–H and O–H groups in total. The molecule has 0 atom stereocenters. The molecule has 0 radical (unpaired) electrons. The minimum atomic E-state index is 0.656. The minimum absolute atomic E-state index is 0.656. The third kappa shape index (κ3) is 2.77. The Morgan fingerprint density at radius 1 is 1.06 bits per heavy atom. The number of hydrogen-bond donors (Lipinski definition) is 0. The van der Waals surface area contributed by atoms with Gasteiger partial charge in [0, 0.05) is 16.7 Å². The first-order valence-corrected chi connectivity index (χ1v) is 7.57. The fourth-order valence-electron chi connectivity index (χ4n) is 1.58. The van der Waals surface area contributed by atoms with Crippen molar-refractivity contribution in [1.82, 2.24) is 9.97 Å². The molecular weight excluding hydrogens is 348 g/mol. The van der Waals surface area contributed by atoms with Gasteiger partial charge in [-0.05, 0) is 19.1 Å². The van der Waals surface area contributed by atoms with Crippen molar-refractivity contribution in [3.8, 4) is 5.75 Å². The lowest BCUT2D eigenvalue weighted by atomic mass is 10.2. The van der Waals surface area contributed by atoms with Crippen LogP contribution in [0.3, 0.4) is 0 Å². The van der Waals surface area contributed by atoms with Crippen LogP contribution in [0.15, 0.2) is 18.2 Å². The number of hydrogen-bond acceptors (Lipinski definition) is 3. The normalized spacial score (nSPS) is 10.8. The van der Waals surface area contributed by atoms with Crippen LogP contribution < -0.4 is 4.74 Å². The molecule has 1 aromatic heterocycles. The zero-order valence-electron chi connectivity index (χ0n) is 9.41. The van der Waals surface area contributed by atoms with Gasteiger partial charge < -0.3 is 4.74 Å². The van der Waals surface area contributed by atoms with Crippen LogP contribution in [0.4, 0.5) is 0 Å². The first kappa shape index (κ1) is 12.8. The third-order valence-corrected chi connectivity index (χ3v) is 3.42. The van der Waals surface area contributed by atoms with E-state index in [9.17, 15) is 0 Å². The maximum Gasteiger partial charge on any atom is 0.121 e. The van der Waals surface area contributed by atoms with Gasteiger partial charge >= 0.3 is 0 Å². The van der Waals surface area contributed by atoms with Crippen molar-refractivity contribution in [3.05, 3.63) is 29.6 Å². The summed E-state index contributed by atoms with van der Waals surface area (Å²) in [5, 5.41) is 1.42. The van der Waals surface area contributed by atoms with E-state index in [1.807, 2.05) is 25.1 Å². The molecule has 0 aliphatic carbocycles. The highest BCUT2D eigenvalue weighted by Gasteiger charge is 2.07. The van der Waals surface area contributed by atoms with E-state index in [1.54, 1.807) is 0 Å². The Bertz CT molecular complexity index is 531. The predicted octanol–water partition coefficient (Wildman–Crippen LogP) is 3.82. The summed E-state index contributed by atoms with van der Waals surface area (Å²) in [4.78, 5) is 9.16. The van der Waals surface area contributed by atoms with Gasteiger partial charge in [0.1, 0.15) is 5.75 Å². The second-order valence-corrected chi connectivity index (χ2v) is 4.59. The zero-order valence-corrected chi connectivity index (χ0v) is 12.6. The number of aromatic nitrogens is 2. The number of fused-ring (bicyclic) bond motifs is 1. The maximum atomic E-state index is 5.46. The van der Waals surface area contributed by atoms with Crippen LogP contribution in [0.2, 0.25) is 0 Å². The van der Waals surface area contributed by atoms with Crippen LogP contribution >= 0.6 is 31.9 Å². The Labute approximate surface area is 117 Å². The van der Waals surface area contributed by atoms with Gasteiger partial charge in [0.25, 0.3) is 0 Å². The smallest absolute Gasteiger partial charge is 0.121 e. The van der Waals surface area contributed by atoms with Crippen molar-refractivity contribution >= 4 is 42.9 Å². The van der Waals surface area contributed by atoms with Crippen LogP contribution in [0, 0.1) is 0 Å². The van der Waals surface area contributed by atoms with E-state index in [0.29, 0.717) is 17.3 Å². The molecule has 90 valence electrons. The fourth-order valence-corrected chi connectivity index (χ4v) is 2.48. The van der Waals surface area contributed by atoms with Crippen molar-refractivity contribution in [3.63, 3.8) is 0 Å². The van der Waals surface area contributed by atoms with E-state index >= 15 is 0 Å². The van der Waals surface area contributed by atoms with Crippen molar-refractivity contribution in [2.24, 2.45) is 0 Å². The second-order valence-electron chi connectivity index (χ2n) is 3.47. The van der Waals surface area contributed by atoms with E-state index in [0.717, 1.165) is 28.2 Å². The summed E-state index contributed by atoms with van der Waals surface area (Å²) in [7, 11) is 0. The van der Waals surface area contributed by atoms with Crippen LogP contribution in [0.25, 0.3) is 11.0 Å². The molecule has 0 bridgehead atoms. The van der Waals surface area contributed by atoms with Gasteiger partial charge in [-0.3, -0.25) is 0 Å². The van der Waals surface area contributed by atoms with Gasteiger partial charge in [-0.25, -0.2) is 9.97 Å². The van der Waals surface area contributed by atoms with Crippen molar-refractivity contribution in [1.29, 1.82) is 0 Å². The summed E-state index contributed by atoms with van der Waals surface area (Å²) in [6.07, 6.45) is 0. The molecule has 0 aliphatic rings. The molecule has 2 rings (SSSR count). The Balaban J connectivity index is 2.54. The average Bonchev–Trinajstić information content (AvgIpc) is 2.37. The molecule has 1 heterocycles. The number of nitrogens with zero attached hydrogens (tertiary/aromatic N) is 2. The maximum absolute atomic E-state index is 5.46. The quantitative estimate of drug-likeness (QED) is 0.778. The van der Waals surface area contributed by atoms with E-state index in [2.05, 4.69) is 41.8 Å². The first-order valence-electron chi connectivity index (χ1n) is 5.32. The summed E-state index contributed by atoms with van der Waals surface area (Å²) in [5.74, 6) is 0.835.